The lowest BCUT2D eigenvalue weighted by atomic mass is 10.3. The van der Waals surface area contributed by atoms with Crippen molar-refractivity contribution in [3.8, 4) is 0 Å². The van der Waals surface area contributed by atoms with E-state index in [4.69, 9.17) is 0 Å². The van der Waals surface area contributed by atoms with Crippen molar-refractivity contribution in [1.29, 1.82) is 0 Å². The number of carbonyl (C=O) groups is 1. The van der Waals surface area contributed by atoms with Gasteiger partial charge < -0.3 is 5.32 Å². The molecule has 0 aliphatic heterocycles. The van der Waals surface area contributed by atoms with Gasteiger partial charge in [-0.2, -0.15) is 0 Å². The van der Waals surface area contributed by atoms with Crippen LogP contribution in [0.1, 0.15) is 0 Å². The van der Waals surface area contributed by atoms with Crippen LogP contribution in [0.4, 0.5) is 10.1 Å². The molecule has 0 atom stereocenters. The van der Waals surface area contributed by atoms with Gasteiger partial charge in [0.1, 0.15) is 17.4 Å². The molecule has 29 heavy (non-hydrogen) atoms. The van der Waals surface area contributed by atoms with E-state index in [-0.39, 0.29) is 12.2 Å². The second kappa shape index (κ2) is 8.18. The van der Waals surface area contributed by atoms with Crippen molar-refractivity contribution < 1.29 is 9.18 Å². The zero-order chi connectivity index (χ0) is 20.4. The Labute approximate surface area is 176 Å². The maximum absolute atomic E-state index is 13.9. The highest BCUT2D eigenvalue weighted by molar-refractivity contribution is 9.10. The summed E-state index contributed by atoms with van der Waals surface area (Å²) < 4.78 is 16.8. The monoisotopic (exact) mass is 473 g/mol. The van der Waals surface area contributed by atoms with Crippen molar-refractivity contribution in [2.75, 3.05) is 5.32 Å². The Morgan fingerprint density at radius 1 is 1.21 bits per heavy atom. The van der Waals surface area contributed by atoms with Gasteiger partial charge in [-0.15, -0.1) is 5.10 Å². The molecule has 4 aromatic rings. The number of fused-ring (bicyclic) bond motifs is 1. The van der Waals surface area contributed by atoms with Crippen LogP contribution in [0, 0.1) is 5.82 Å². The van der Waals surface area contributed by atoms with Crippen molar-refractivity contribution in [1.82, 2.24) is 19.2 Å². The molecule has 2 aromatic heterocycles. The first-order valence-corrected chi connectivity index (χ1v) is 10.0. The number of halogens is 2. The smallest absolute Gasteiger partial charge is 0.322 e. The second-order valence-corrected chi connectivity index (χ2v) is 7.93. The Kier molecular flexibility index (Phi) is 5.45. The van der Waals surface area contributed by atoms with E-state index in [0.717, 1.165) is 9.58 Å². The number of carbonyl (C=O) groups excluding carboxylic acids is 1. The maximum atomic E-state index is 13.9. The van der Waals surface area contributed by atoms with Crippen LogP contribution in [-0.4, -0.2) is 25.1 Å². The van der Waals surface area contributed by atoms with Gasteiger partial charge in [0.05, 0.1) is 5.69 Å². The van der Waals surface area contributed by atoms with Gasteiger partial charge >= 0.3 is 5.69 Å². The van der Waals surface area contributed by atoms with Crippen LogP contribution in [0.3, 0.4) is 0 Å². The van der Waals surface area contributed by atoms with Crippen molar-refractivity contribution >= 4 is 44.9 Å². The second-order valence-electron chi connectivity index (χ2n) is 5.95. The molecule has 0 spiro atoms. The highest BCUT2D eigenvalue weighted by Gasteiger charge is 2.16. The summed E-state index contributed by atoms with van der Waals surface area (Å²) in [5.74, 6) is -1.15. The summed E-state index contributed by atoms with van der Waals surface area (Å²) in [7, 11) is 0. The summed E-state index contributed by atoms with van der Waals surface area (Å²) in [5, 5.41) is 7.23. The lowest BCUT2D eigenvalue weighted by Gasteiger charge is -2.06. The van der Waals surface area contributed by atoms with Gasteiger partial charge in [0.25, 0.3) is 0 Å². The van der Waals surface area contributed by atoms with Crippen molar-refractivity contribution in [2.45, 2.75) is 16.5 Å². The van der Waals surface area contributed by atoms with E-state index in [9.17, 15) is 14.0 Å². The first-order chi connectivity index (χ1) is 14.0. The van der Waals surface area contributed by atoms with E-state index >= 15 is 0 Å². The Morgan fingerprint density at radius 3 is 2.76 bits per heavy atom. The number of anilines is 1. The Balaban J connectivity index is 1.59. The van der Waals surface area contributed by atoms with Crippen LogP contribution >= 0.6 is 27.7 Å². The van der Waals surface area contributed by atoms with Crippen molar-refractivity contribution in [3.05, 3.63) is 81.7 Å². The lowest BCUT2D eigenvalue weighted by molar-refractivity contribution is -0.117. The lowest BCUT2D eigenvalue weighted by Crippen LogP contribution is -2.28. The third-order valence-electron chi connectivity index (χ3n) is 3.93. The average Bonchev–Trinajstić information content (AvgIpc) is 3.02. The molecule has 0 radical (unpaired) electrons. The molecule has 146 valence electrons. The standard InChI is InChI=1S/C19H13BrFN5O2S/c20-12-6-7-15(14(21)10-12)23-16(27)11-26-19(28)25-9-8-22-18(17(25)24-26)29-13-4-2-1-3-5-13/h1-10H,11H2,(H,23,27). The highest BCUT2D eigenvalue weighted by atomic mass is 79.9. The molecule has 1 N–H and O–H groups in total. The summed E-state index contributed by atoms with van der Waals surface area (Å²) in [5.41, 5.74) is -0.116. The fraction of sp³-hybridized carbons (Fsp3) is 0.0526. The third-order valence-corrected chi connectivity index (χ3v) is 5.41. The molecule has 0 aliphatic carbocycles. The number of amides is 1. The molecule has 0 saturated heterocycles. The number of aromatic nitrogens is 4. The molecule has 10 heteroatoms. The van der Waals surface area contributed by atoms with E-state index < -0.39 is 17.4 Å². The summed E-state index contributed by atoms with van der Waals surface area (Å²) in [6.45, 7) is -0.356. The van der Waals surface area contributed by atoms with Gasteiger partial charge in [0.15, 0.2) is 5.65 Å². The van der Waals surface area contributed by atoms with Crippen LogP contribution < -0.4 is 11.0 Å². The van der Waals surface area contributed by atoms with Crippen molar-refractivity contribution in [2.24, 2.45) is 0 Å². The van der Waals surface area contributed by atoms with E-state index in [1.807, 2.05) is 30.3 Å². The molecule has 2 heterocycles. The van der Waals surface area contributed by atoms with Gasteiger partial charge in [0.2, 0.25) is 5.91 Å². The Hall–Kier alpha value is -2.98. The van der Waals surface area contributed by atoms with E-state index in [2.05, 4.69) is 31.3 Å². The molecule has 0 fully saturated rings. The van der Waals surface area contributed by atoms with Crippen LogP contribution in [0.25, 0.3) is 5.65 Å². The first kappa shape index (κ1) is 19.3. The van der Waals surface area contributed by atoms with Gasteiger partial charge in [0, 0.05) is 21.8 Å². The molecule has 7 nitrogen and oxygen atoms in total. The quantitative estimate of drug-likeness (QED) is 0.478. The number of nitrogens with zero attached hydrogens (tertiary/aromatic N) is 4. The van der Waals surface area contributed by atoms with Gasteiger partial charge in [-0.25, -0.2) is 23.3 Å². The minimum absolute atomic E-state index is 0.0250. The topological polar surface area (TPSA) is 81.3 Å². The molecular formula is C19H13BrFN5O2S. The first-order valence-electron chi connectivity index (χ1n) is 8.43. The molecule has 1 amide bonds. The van der Waals surface area contributed by atoms with Crippen molar-refractivity contribution in [3.63, 3.8) is 0 Å². The molecule has 0 unspecified atom stereocenters. The number of rotatable bonds is 5. The van der Waals surface area contributed by atoms with Crippen LogP contribution in [0.5, 0.6) is 0 Å². The predicted octanol–water partition coefficient (Wildman–Crippen LogP) is 3.58. The summed E-state index contributed by atoms with van der Waals surface area (Å²) in [6.07, 6.45) is 2.99. The zero-order valence-corrected chi connectivity index (χ0v) is 17.2. The number of hydrogen-bond acceptors (Lipinski definition) is 5. The largest absolute Gasteiger partial charge is 0.350 e. The van der Waals surface area contributed by atoms with Gasteiger partial charge in [-0.1, -0.05) is 45.9 Å². The molecule has 4 rings (SSSR count). The zero-order valence-electron chi connectivity index (χ0n) is 14.8. The molecule has 0 aliphatic rings. The third kappa shape index (κ3) is 4.22. The van der Waals surface area contributed by atoms with E-state index in [0.29, 0.717) is 15.1 Å². The predicted molar refractivity (Wildman–Crippen MR) is 111 cm³/mol. The average molecular weight is 474 g/mol. The molecule has 2 aromatic carbocycles. The summed E-state index contributed by atoms with van der Waals surface area (Å²) in [4.78, 5) is 30.1. The van der Waals surface area contributed by atoms with E-state index in [1.165, 1.54) is 40.7 Å². The number of hydrogen-bond donors (Lipinski definition) is 1. The molecule has 0 bridgehead atoms. The summed E-state index contributed by atoms with van der Waals surface area (Å²) in [6, 6.07) is 13.8. The molecular weight excluding hydrogens is 461 g/mol. The SMILES string of the molecule is O=C(Cn1nc2c(Sc3ccccc3)nccn2c1=O)Nc1ccc(Br)cc1F. The minimum atomic E-state index is -0.583. The Morgan fingerprint density at radius 2 is 2.00 bits per heavy atom. The van der Waals surface area contributed by atoms with Crippen LogP contribution in [-0.2, 0) is 11.3 Å². The van der Waals surface area contributed by atoms with Gasteiger partial charge in [-0.05, 0) is 30.3 Å². The number of nitrogens with one attached hydrogen (secondary N) is 1. The van der Waals surface area contributed by atoms with E-state index in [1.54, 1.807) is 6.07 Å². The highest BCUT2D eigenvalue weighted by Crippen LogP contribution is 2.27. The van der Waals surface area contributed by atoms with Crippen LogP contribution in [0.2, 0.25) is 0 Å². The van der Waals surface area contributed by atoms with Crippen LogP contribution in [0.15, 0.2) is 80.1 Å². The summed E-state index contributed by atoms with van der Waals surface area (Å²) >= 11 is 4.52. The Bertz CT molecular complexity index is 1260. The minimum Gasteiger partial charge on any atom is -0.322 e. The normalized spacial score (nSPS) is 11.0. The number of benzene rings is 2. The van der Waals surface area contributed by atoms with Gasteiger partial charge in [-0.3, -0.25) is 4.79 Å². The molecule has 0 saturated carbocycles. The fourth-order valence-electron chi connectivity index (χ4n) is 2.62. The maximum Gasteiger partial charge on any atom is 0.350 e. The fourth-order valence-corrected chi connectivity index (χ4v) is 3.81.